The van der Waals surface area contributed by atoms with Crippen molar-refractivity contribution in [3.8, 4) is 5.75 Å². The monoisotopic (exact) mass is 341 g/mol. The molecule has 0 radical (unpaired) electrons. The molecule has 1 atom stereocenters. The van der Waals surface area contributed by atoms with Crippen LogP contribution in [0.3, 0.4) is 0 Å². The van der Waals surface area contributed by atoms with E-state index < -0.39 is 0 Å². The predicted molar refractivity (Wildman–Crippen MR) is 97.2 cm³/mol. The van der Waals surface area contributed by atoms with Crippen LogP contribution in [-0.2, 0) is 6.42 Å². The summed E-state index contributed by atoms with van der Waals surface area (Å²) < 4.78 is 6.50. The highest BCUT2D eigenvalue weighted by molar-refractivity contribution is 7.12. The minimum Gasteiger partial charge on any atom is -0.485 e. The van der Waals surface area contributed by atoms with Gasteiger partial charge in [0.2, 0.25) is 5.78 Å². The molecule has 0 spiro atoms. The van der Waals surface area contributed by atoms with Crippen LogP contribution in [0.1, 0.15) is 52.2 Å². The van der Waals surface area contributed by atoms with Gasteiger partial charge < -0.3 is 9.64 Å². The fraction of sp³-hybridized carbons (Fsp3) is 0.450. The highest BCUT2D eigenvalue weighted by Gasteiger charge is 2.35. The summed E-state index contributed by atoms with van der Waals surface area (Å²) in [6, 6.07) is 8.14. The number of hydrogen-bond acceptors (Lipinski definition) is 4. The Morgan fingerprint density at radius 2 is 2.04 bits per heavy atom. The number of carbonyl (C=O) groups excluding carboxylic acids is 1. The largest absolute Gasteiger partial charge is 0.485 e. The third-order valence-corrected chi connectivity index (χ3v) is 6.28. The molecular weight excluding hydrogens is 318 g/mol. The molecule has 0 saturated carbocycles. The summed E-state index contributed by atoms with van der Waals surface area (Å²) in [6.45, 7) is 4.32. The van der Waals surface area contributed by atoms with Gasteiger partial charge in [0.15, 0.2) is 0 Å². The van der Waals surface area contributed by atoms with Gasteiger partial charge in [-0.2, -0.15) is 0 Å². The van der Waals surface area contributed by atoms with Gasteiger partial charge in [-0.15, -0.1) is 11.3 Å². The molecule has 3 heterocycles. The van der Waals surface area contributed by atoms with Gasteiger partial charge in [0.05, 0.1) is 10.4 Å². The number of thiophene rings is 1. The highest BCUT2D eigenvalue weighted by Crippen LogP contribution is 2.42. The van der Waals surface area contributed by atoms with Crippen molar-refractivity contribution in [2.24, 2.45) is 5.92 Å². The van der Waals surface area contributed by atoms with Crippen molar-refractivity contribution in [2.45, 2.75) is 32.3 Å². The SMILES string of the molecule is CCc1ccc2c(c1)OC(C1CCN(C)CC1)c1ccsc1C2=O. The first kappa shape index (κ1) is 15.9. The van der Waals surface area contributed by atoms with Crippen molar-refractivity contribution >= 4 is 17.1 Å². The van der Waals surface area contributed by atoms with Crippen molar-refractivity contribution in [1.82, 2.24) is 4.90 Å². The summed E-state index contributed by atoms with van der Waals surface area (Å²) in [5.74, 6) is 1.36. The van der Waals surface area contributed by atoms with E-state index in [4.69, 9.17) is 4.74 Å². The van der Waals surface area contributed by atoms with E-state index in [9.17, 15) is 4.79 Å². The lowest BCUT2D eigenvalue weighted by atomic mass is 9.87. The van der Waals surface area contributed by atoms with Gasteiger partial charge in [-0.05, 0) is 68.5 Å². The van der Waals surface area contributed by atoms with E-state index in [0.29, 0.717) is 11.5 Å². The van der Waals surface area contributed by atoms with E-state index in [2.05, 4.69) is 31.0 Å². The molecule has 2 aliphatic rings. The lowest BCUT2D eigenvalue weighted by Gasteiger charge is -2.34. The predicted octanol–water partition coefficient (Wildman–Crippen LogP) is 4.32. The zero-order valence-corrected chi connectivity index (χ0v) is 15.1. The number of piperidine rings is 1. The fourth-order valence-electron chi connectivity index (χ4n) is 3.80. The average Bonchev–Trinajstić information content (AvgIpc) is 3.05. The standard InChI is InChI=1S/C20H23NO2S/c1-3-13-4-5-15-17(12-13)23-19(14-6-9-21(2)10-7-14)16-8-11-24-20(16)18(15)22/h4-5,8,11-12,14,19H,3,6-7,9-10H2,1-2H3. The first-order valence-electron chi connectivity index (χ1n) is 8.77. The smallest absolute Gasteiger partial charge is 0.207 e. The van der Waals surface area contributed by atoms with E-state index in [1.165, 1.54) is 5.56 Å². The summed E-state index contributed by atoms with van der Waals surface area (Å²) in [4.78, 5) is 16.2. The van der Waals surface area contributed by atoms with Crippen LogP contribution in [0.4, 0.5) is 0 Å². The minimum absolute atomic E-state index is 0.00254. The van der Waals surface area contributed by atoms with E-state index >= 15 is 0 Å². The molecular formula is C20H23NO2S. The molecule has 4 heteroatoms. The molecule has 3 nitrogen and oxygen atoms in total. The molecule has 0 bridgehead atoms. The second-order valence-corrected chi connectivity index (χ2v) is 7.81. The fourth-order valence-corrected chi connectivity index (χ4v) is 4.69. The molecule has 126 valence electrons. The number of fused-ring (bicyclic) bond motifs is 2. The second-order valence-electron chi connectivity index (χ2n) is 6.90. The summed E-state index contributed by atoms with van der Waals surface area (Å²) in [7, 11) is 2.17. The van der Waals surface area contributed by atoms with Crippen LogP contribution >= 0.6 is 11.3 Å². The van der Waals surface area contributed by atoms with E-state index in [1.54, 1.807) is 11.3 Å². The third kappa shape index (κ3) is 2.68. The van der Waals surface area contributed by atoms with E-state index in [0.717, 1.165) is 48.5 Å². The number of ketones is 1. The van der Waals surface area contributed by atoms with Gasteiger partial charge in [-0.3, -0.25) is 4.79 Å². The Bertz CT molecular complexity index is 759. The first-order valence-corrected chi connectivity index (χ1v) is 9.65. The van der Waals surface area contributed by atoms with Crippen LogP contribution in [0, 0.1) is 5.92 Å². The molecule has 1 fully saturated rings. The van der Waals surface area contributed by atoms with Crippen molar-refractivity contribution in [3.05, 3.63) is 51.2 Å². The van der Waals surface area contributed by atoms with Crippen LogP contribution in [0.15, 0.2) is 29.6 Å². The Labute approximate surface area is 147 Å². The molecule has 2 aromatic rings. The molecule has 1 saturated heterocycles. The van der Waals surface area contributed by atoms with Gasteiger partial charge in [-0.25, -0.2) is 0 Å². The topological polar surface area (TPSA) is 29.5 Å². The quantitative estimate of drug-likeness (QED) is 0.815. The van der Waals surface area contributed by atoms with Gasteiger partial charge in [0.1, 0.15) is 11.9 Å². The zero-order valence-electron chi connectivity index (χ0n) is 14.2. The Balaban J connectivity index is 1.77. The van der Waals surface area contributed by atoms with Crippen LogP contribution < -0.4 is 4.74 Å². The normalized spacial score (nSPS) is 21.8. The molecule has 1 aromatic carbocycles. The summed E-state index contributed by atoms with van der Waals surface area (Å²) in [6.07, 6.45) is 3.18. The Morgan fingerprint density at radius 1 is 1.25 bits per heavy atom. The second kappa shape index (κ2) is 6.34. The maximum absolute atomic E-state index is 13.0. The number of hydrogen-bond donors (Lipinski definition) is 0. The van der Waals surface area contributed by atoms with Crippen molar-refractivity contribution in [3.63, 3.8) is 0 Å². The highest BCUT2D eigenvalue weighted by atomic mass is 32.1. The number of benzene rings is 1. The zero-order chi connectivity index (χ0) is 16.7. The maximum atomic E-state index is 13.0. The van der Waals surface area contributed by atoms with E-state index in [1.807, 2.05) is 17.5 Å². The molecule has 1 aromatic heterocycles. The molecule has 4 rings (SSSR count). The van der Waals surface area contributed by atoms with Crippen LogP contribution in [-0.4, -0.2) is 30.8 Å². The van der Waals surface area contributed by atoms with Gasteiger partial charge in [0.25, 0.3) is 0 Å². The Kier molecular flexibility index (Phi) is 4.19. The maximum Gasteiger partial charge on any atom is 0.207 e. The lowest BCUT2D eigenvalue weighted by molar-refractivity contribution is 0.0856. The Hall–Kier alpha value is -1.65. The summed E-state index contributed by atoms with van der Waals surface area (Å²) in [5, 5.41) is 2.03. The number of aryl methyl sites for hydroxylation is 1. The van der Waals surface area contributed by atoms with Crippen LogP contribution in [0.2, 0.25) is 0 Å². The van der Waals surface area contributed by atoms with Crippen LogP contribution in [0.5, 0.6) is 5.75 Å². The van der Waals surface area contributed by atoms with Crippen molar-refractivity contribution < 1.29 is 9.53 Å². The summed E-state index contributed by atoms with van der Waals surface area (Å²) in [5.41, 5.74) is 3.02. The number of nitrogens with zero attached hydrogens (tertiary/aromatic N) is 1. The first-order chi connectivity index (χ1) is 11.7. The van der Waals surface area contributed by atoms with Crippen molar-refractivity contribution in [2.75, 3.05) is 20.1 Å². The molecule has 0 aliphatic carbocycles. The molecule has 0 N–H and O–H groups in total. The molecule has 2 aliphatic heterocycles. The lowest BCUT2D eigenvalue weighted by Crippen LogP contribution is -2.34. The minimum atomic E-state index is -0.00254. The van der Waals surface area contributed by atoms with Gasteiger partial charge in [-0.1, -0.05) is 13.0 Å². The van der Waals surface area contributed by atoms with Crippen molar-refractivity contribution in [1.29, 1.82) is 0 Å². The van der Waals surface area contributed by atoms with Gasteiger partial charge >= 0.3 is 0 Å². The average molecular weight is 341 g/mol. The molecule has 1 unspecified atom stereocenters. The number of ether oxygens (including phenoxy) is 1. The van der Waals surface area contributed by atoms with E-state index in [-0.39, 0.29) is 11.9 Å². The summed E-state index contributed by atoms with van der Waals surface area (Å²) >= 11 is 1.55. The Morgan fingerprint density at radius 3 is 2.79 bits per heavy atom. The number of carbonyl (C=O) groups is 1. The van der Waals surface area contributed by atoms with Gasteiger partial charge in [0, 0.05) is 11.5 Å². The number of likely N-dealkylation sites (tertiary alicyclic amines) is 1. The molecule has 24 heavy (non-hydrogen) atoms. The molecule has 0 amide bonds. The van der Waals surface area contributed by atoms with Crippen LogP contribution in [0.25, 0.3) is 0 Å². The third-order valence-electron chi connectivity index (χ3n) is 5.35. The number of rotatable bonds is 2.